The van der Waals surface area contributed by atoms with E-state index in [2.05, 4.69) is 15.1 Å². The van der Waals surface area contributed by atoms with Gasteiger partial charge in [-0.25, -0.2) is 4.98 Å². The minimum absolute atomic E-state index is 0.304. The Hall–Kier alpha value is -4.01. The summed E-state index contributed by atoms with van der Waals surface area (Å²) in [6, 6.07) is 11.2. The number of methoxy groups -OCH3 is 1. The van der Waals surface area contributed by atoms with Crippen molar-refractivity contribution in [2.75, 3.05) is 33.5 Å². The van der Waals surface area contributed by atoms with Gasteiger partial charge in [0.05, 0.1) is 44.6 Å². The summed E-state index contributed by atoms with van der Waals surface area (Å²) in [5.41, 5.74) is 2.03. The van der Waals surface area contributed by atoms with E-state index < -0.39 is 0 Å². The molecule has 0 unspecified atom stereocenters. The van der Waals surface area contributed by atoms with Crippen LogP contribution in [0.4, 0.5) is 0 Å². The molecule has 0 spiro atoms. The highest BCUT2D eigenvalue weighted by atomic mass is 16.5. The molecule has 9 heteroatoms. The van der Waals surface area contributed by atoms with Crippen molar-refractivity contribution in [3.63, 3.8) is 0 Å². The molecule has 0 saturated heterocycles. The molecule has 2 aromatic carbocycles. The summed E-state index contributed by atoms with van der Waals surface area (Å²) in [5.74, 6) is 3.45. The van der Waals surface area contributed by atoms with Gasteiger partial charge in [-0.3, -0.25) is 0 Å². The fourth-order valence-electron chi connectivity index (χ4n) is 3.63. The topological polar surface area (TPSA) is 98.0 Å². The van der Waals surface area contributed by atoms with E-state index in [9.17, 15) is 0 Å². The average molecular weight is 480 g/mol. The van der Waals surface area contributed by atoms with Gasteiger partial charge in [-0.15, -0.1) is 0 Å². The lowest BCUT2D eigenvalue weighted by molar-refractivity contribution is 0.261. The van der Waals surface area contributed by atoms with E-state index in [-0.39, 0.29) is 0 Å². The maximum absolute atomic E-state index is 5.81. The fraction of sp³-hybridized carbons (Fsp3) is 0.346. The quantitative estimate of drug-likeness (QED) is 0.274. The molecule has 2 heterocycles. The Morgan fingerprint density at radius 2 is 1.46 bits per heavy atom. The zero-order valence-electron chi connectivity index (χ0n) is 20.6. The van der Waals surface area contributed by atoms with E-state index in [1.807, 2.05) is 52.0 Å². The molecule has 0 amide bonds. The van der Waals surface area contributed by atoms with Crippen LogP contribution in [0.2, 0.25) is 0 Å². The lowest BCUT2D eigenvalue weighted by atomic mass is 10.1. The molecule has 0 radical (unpaired) electrons. The van der Waals surface area contributed by atoms with Gasteiger partial charge in [-0.05, 0) is 64.1 Å². The largest absolute Gasteiger partial charge is 0.497 e. The first-order chi connectivity index (χ1) is 17.1. The molecule has 35 heavy (non-hydrogen) atoms. The lowest BCUT2D eigenvalue weighted by Crippen LogP contribution is -2.03. The summed E-state index contributed by atoms with van der Waals surface area (Å²) in [5, 5.41) is 5.08. The number of benzene rings is 2. The van der Waals surface area contributed by atoms with Crippen LogP contribution >= 0.6 is 0 Å². The summed E-state index contributed by atoms with van der Waals surface area (Å²) in [6.45, 7) is 9.48. The second-order valence-electron chi connectivity index (χ2n) is 7.36. The Bertz CT molecular complexity index is 1280. The lowest BCUT2D eigenvalue weighted by Gasteiger charge is -2.16. The van der Waals surface area contributed by atoms with Gasteiger partial charge < -0.3 is 28.2 Å². The number of aromatic nitrogens is 3. The molecule has 0 bridgehead atoms. The molecule has 0 aliphatic carbocycles. The molecule has 0 saturated carbocycles. The van der Waals surface area contributed by atoms with Gasteiger partial charge in [0, 0.05) is 10.9 Å². The van der Waals surface area contributed by atoms with Crippen molar-refractivity contribution in [1.29, 1.82) is 0 Å². The van der Waals surface area contributed by atoms with Crippen molar-refractivity contribution in [2.45, 2.75) is 27.7 Å². The molecule has 184 valence electrons. The summed E-state index contributed by atoms with van der Waals surface area (Å²) in [6.07, 6.45) is 0. The summed E-state index contributed by atoms with van der Waals surface area (Å²) in [4.78, 5) is 9.29. The number of fused-ring (bicyclic) bond motifs is 1. The molecule has 2 aromatic heterocycles. The maximum Gasteiger partial charge on any atom is 0.258 e. The van der Waals surface area contributed by atoms with Gasteiger partial charge in [-0.1, -0.05) is 5.16 Å². The van der Waals surface area contributed by atoms with Crippen LogP contribution in [0.15, 0.2) is 40.9 Å². The predicted octanol–water partition coefficient (Wildman–Crippen LogP) is 5.56. The fourth-order valence-corrected chi connectivity index (χ4v) is 3.63. The third-order valence-electron chi connectivity index (χ3n) is 5.09. The monoisotopic (exact) mass is 479 g/mol. The maximum atomic E-state index is 5.81. The Labute approximate surface area is 203 Å². The number of hydrogen-bond acceptors (Lipinski definition) is 9. The van der Waals surface area contributed by atoms with E-state index >= 15 is 0 Å². The Morgan fingerprint density at radius 3 is 2.09 bits per heavy atom. The van der Waals surface area contributed by atoms with Crippen LogP contribution in [-0.4, -0.2) is 48.7 Å². The molecule has 0 fully saturated rings. The third-order valence-corrected chi connectivity index (χ3v) is 5.09. The molecule has 4 rings (SSSR count). The minimum Gasteiger partial charge on any atom is -0.497 e. The van der Waals surface area contributed by atoms with Crippen LogP contribution in [-0.2, 0) is 0 Å². The van der Waals surface area contributed by atoms with Crippen LogP contribution in [0.3, 0.4) is 0 Å². The van der Waals surface area contributed by atoms with E-state index in [0.717, 1.165) is 16.7 Å². The molecular weight excluding hydrogens is 450 g/mol. The number of ether oxygens (including phenoxy) is 5. The highest BCUT2D eigenvalue weighted by Crippen LogP contribution is 2.42. The van der Waals surface area contributed by atoms with Gasteiger partial charge in [0.15, 0.2) is 11.5 Å². The van der Waals surface area contributed by atoms with E-state index in [0.29, 0.717) is 72.4 Å². The van der Waals surface area contributed by atoms with Crippen molar-refractivity contribution in [3.8, 4) is 51.7 Å². The van der Waals surface area contributed by atoms with Gasteiger partial charge in [-0.2, -0.15) is 4.98 Å². The number of hydrogen-bond donors (Lipinski definition) is 0. The van der Waals surface area contributed by atoms with E-state index in [1.54, 1.807) is 19.2 Å². The Kier molecular flexibility index (Phi) is 7.54. The third kappa shape index (κ3) is 5.08. The molecule has 0 atom stereocenters. The normalized spacial score (nSPS) is 10.9. The molecule has 9 nitrogen and oxygen atoms in total. The second kappa shape index (κ2) is 10.9. The minimum atomic E-state index is 0.304. The standard InChI is InChI=1S/C26H29N3O6/c1-6-31-21-14-17(15-22(32-7-2)23(21)33-8-3)25-28-24(29-35-25)19-13-16-12-18(30-5)10-11-20(16)27-26(19)34-9-4/h10-15H,6-9H2,1-5H3. The van der Waals surface area contributed by atoms with Crippen LogP contribution in [0.25, 0.3) is 33.7 Å². The van der Waals surface area contributed by atoms with Gasteiger partial charge >= 0.3 is 0 Å². The smallest absolute Gasteiger partial charge is 0.258 e. The van der Waals surface area contributed by atoms with Crippen LogP contribution in [0.5, 0.6) is 28.9 Å². The summed E-state index contributed by atoms with van der Waals surface area (Å²) in [7, 11) is 1.62. The Balaban J connectivity index is 1.80. The second-order valence-corrected chi connectivity index (χ2v) is 7.36. The van der Waals surface area contributed by atoms with Crippen molar-refractivity contribution >= 4 is 10.9 Å². The van der Waals surface area contributed by atoms with Crippen molar-refractivity contribution in [1.82, 2.24) is 15.1 Å². The Morgan fingerprint density at radius 1 is 0.771 bits per heavy atom. The molecule has 0 N–H and O–H groups in total. The molecule has 0 aliphatic rings. The van der Waals surface area contributed by atoms with Crippen LogP contribution in [0, 0.1) is 0 Å². The highest BCUT2D eigenvalue weighted by Gasteiger charge is 2.21. The first-order valence-corrected chi connectivity index (χ1v) is 11.6. The van der Waals surface area contributed by atoms with Gasteiger partial charge in [0.1, 0.15) is 5.75 Å². The molecule has 4 aromatic rings. The number of pyridine rings is 1. The van der Waals surface area contributed by atoms with Crippen LogP contribution in [0.1, 0.15) is 27.7 Å². The first kappa shape index (κ1) is 24.1. The van der Waals surface area contributed by atoms with Crippen molar-refractivity contribution < 1.29 is 28.2 Å². The number of nitrogens with zero attached hydrogens (tertiary/aromatic N) is 3. The van der Waals surface area contributed by atoms with Gasteiger partial charge in [0.2, 0.25) is 17.5 Å². The van der Waals surface area contributed by atoms with E-state index in [4.69, 9.17) is 28.2 Å². The predicted molar refractivity (Wildman–Crippen MR) is 132 cm³/mol. The molecular formula is C26H29N3O6. The van der Waals surface area contributed by atoms with Crippen molar-refractivity contribution in [2.24, 2.45) is 0 Å². The zero-order valence-corrected chi connectivity index (χ0v) is 20.6. The number of rotatable bonds is 11. The van der Waals surface area contributed by atoms with Crippen molar-refractivity contribution in [3.05, 3.63) is 36.4 Å². The average Bonchev–Trinajstić information content (AvgIpc) is 3.36. The highest BCUT2D eigenvalue weighted by molar-refractivity contribution is 5.86. The van der Waals surface area contributed by atoms with Crippen LogP contribution < -0.4 is 23.7 Å². The van der Waals surface area contributed by atoms with E-state index in [1.165, 1.54) is 0 Å². The zero-order chi connectivity index (χ0) is 24.8. The summed E-state index contributed by atoms with van der Waals surface area (Å²) >= 11 is 0. The first-order valence-electron chi connectivity index (χ1n) is 11.6. The summed E-state index contributed by atoms with van der Waals surface area (Å²) < 4.78 is 34.2. The van der Waals surface area contributed by atoms with Gasteiger partial charge in [0.25, 0.3) is 5.89 Å². The molecule has 0 aliphatic heterocycles. The SMILES string of the molecule is CCOc1cc(-c2nc(-c3cc4cc(OC)ccc4nc3OCC)no2)cc(OCC)c1OCC.